The fourth-order valence-electron chi connectivity index (χ4n) is 4.28. The number of nitrogens with zero attached hydrogens (tertiary/aromatic N) is 2. The lowest BCUT2D eigenvalue weighted by Crippen LogP contribution is -2.42. The molecule has 2 heterocycles. The Labute approximate surface area is 175 Å². The summed E-state index contributed by atoms with van der Waals surface area (Å²) in [5, 5.41) is 0. The van der Waals surface area contributed by atoms with Crippen LogP contribution < -0.4 is 5.73 Å². The van der Waals surface area contributed by atoms with Crippen molar-refractivity contribution in [1.82, 2.24) is 14.9 Å². The molecule has 1 atom stereocenters. The molecule has 0 radical (unpaired) electrons. The fraction of sp³-hybridized carbons (Fsp3) is 0.240. The molecular weight excluding hydrogens is 375 g/mol. The van der Waals surface area contributed by atoms with Crippen molar-refractivity contribution in [3.63, 3.8) is 0 Å². The van der Waals surface area contributed by atoms with Crippen molar-refractivity contribution in [2.24, 2.45) is 5.73 Å². The van der Waals surface area contributed by atoms with E-state index in [1.165, 1.54) is 29.7 Å². The van der Waals surface area contributed by atoms with Crippen molar-refractivity contribution in [3.05, 3.63) is 78.1 Å². The molecule has 152 valence electrons. The minimum absolute atomic E-state index is 0.264. The normalized spacial score (nSPS) is 17.5. The Morgan fingerprint density at radius 2 is 1.83 bits per heavy atom. The summed E-state index contributed by atoms with van der Waals surface area (Å²) in [7, 11) is 0. The SMILES string of the molecule is NC1CCCN(Cc2cccc(-c3ccc(-c4nc5ccc(F)cc5[nH]4)cc3)c2)C1. The Morgan fingerprint density at radius 3 is 2.67 bits per heavy atom. The van der Waals surface area contributed by atoms with Crippen LogP contribution in [-0.2, 0) is 6.54 Å². The first-order valence-electron chi connectivity index (χ1n) is 10.5. The van der Waals surface area contributed by atoms with E-state index in [0.29, 0.717) is 11.6 Å². The van der Waals surface area contributed by atoms with Gasteiger partial charge in [-0.1, -0.05) is 42.5 Å². The van der Waals surface area contributed by atoms with Crippen LogP contribution in [0.15, 0.2) is 66.7 Å². The summed E-state index contributed by atoms with van der Waals surface area (Å²) in [5.74, 6) is 0.483. The minimum atomic E-state index is -0.264. The molecule has 30 heavy (non-hydrogen) atoms. The number of likely N-dealkylation sites (tertiary alicyclic amines) is 1. The predicted molar refractivity (Wildman–Crippen MR) is 119 cm³/mol. The van der Waals surface area contributed by atoms with E-state index >= 15 is 0 Å². The summed E-state index contributed by atoms with van der Waals surface area (Å²) < 4.78 is 13.4. The molecule has 5 heteroatoms. The number of fused-ring (bicyclic) bond motifs is 1. The first-order valence-corrected chi connectivity index (χ1v) is 10.5. The summed E-state index contributed by atoms with van der Waals surface area (Å²) >= 11 is 0. The van der Waals surface area contributed by atoms with Gasteiger partial charge in [-0.3, -0.25) is 4.90 Å². The highest BCUT2D eigenvalue weighted by Gasteiger charge is 2.16. The third kappa shape index (κ3) is 3.99. The van der Waals surface area contributed by atoms with Crippen LogP contribution in [0.1, 0.15) is 18.4 Å². The Bertz CT molecular complexity index is 1170. The second-order valence-corrected chi connectivity index (χ2v) is 8.16. The van der Waals surface area contributed by atoms with Crippen LogP contribution in [0.3, 0.4) is 0 Å². The van der Waals surface area contributed by atoms with Crippen molar-refractivity contribution in [2.75, 3.05) is 13.1 Å². The summed E-state index contributed by atoms with van der Waals surface area (Å²) in [4.78, 5) is 10.2. The van der Waals surface area contributed by atoms with E-state index in [-0.39, 0.29) is 5.82 Å². The molecule has 1 aromatic heterocycles. The van der Waals surface area contributed by atoms with Gasteiger partial charge in [0.15, 0.2) is 0 Å². The largest absolute Gasteiger partial charge is 0.338 e. The van der Waals surface area contributed by atoms with E-state index in [4.69, 9.17) is 5.73 Å². The number of benzene rings is 3. The molecule has 4 aromatic rings. The number of rotatable bonds is 4. The summed E-state index contributed by atoms with van der Waals surface area (Å²) in [6, 6.07) is 21.9. The van der Waals surface area contributed by atoms with Gasteiger partial charge < -0.3 is 10.7 Å². The van der Waals surface area contributed by atoms with Crippen LogP contribution in [0.25, 0.3) is 33.5 Å². The average molecular weight is 401 g/mol. The zero-order valence-corrected chi connectivity index (χ0v) is 16.8. The Kier molecular flexibility index (Phi) is 5.07. The zero-order valence-electron chi connectivity index (χ0n) is 16.8. The van der Waals surface area contributed by atoms with Crippen molar-refractivity contribution < 1.29 is 4.39 Å². The van der Waals surface area contributed by atoms with Gasteiger partial charge in [-0.15, -0.1) is 0 Å². The lowest BCUT2D eigenvalue weighted by molar-refractivity contribution is 0.201. The lowest BCUT2D eigenvalue weighted by Gasteiger charge is -2.30. The maximum absolute atomic E-state index is 13.4. The minimum Gasteiger partial charge on any atom is -0.338 e. The molecule has 0 bridgehead atoms. The number of nitrogens with two attached hydrogens (primary N) is 1. The van der Waals surface area contributed by atoms with Crippen molar-refractivity contribution in [2.45, 2.75) is 25.4 Å². The van der Waals surface area contributed by atoms with Gasteiger partial charge >= 0.3 is 0 Å². The second-order valence-electron chi connectivity index (χ2n) is 8.16. The average Bonchev–Trinajstić information content (AvgIpc) is 3.17. The van der Waals surface area contributed by atoms with Gasteiger partial charge in [0.05, 0.1) is 11.0 Å². The molecule has 0 aliphatic carbocycles. The van der Waals surface area contributed by atoms with Gasteiger partial charge in [0.25, 0.3) is 0 Å². The molecule has 1 aliphatic heterocycles. The molecule has 1 saturated heterocycles. The molecule has 0 spiro atoms. The maximum atomic E-state index is 13.4. The summed E-state index contributed by atoms with van der Waals surface area (Å²) in [5.41, 5.74) is 12.3. The monoisotopic (exact) mass is 400 g/mol. The molecule has 0 saturated carbocycles. The highest BCUT2D eigenvalue weighted by atomic mass is 19.1. The molecular formula is C25H25FN4. The number of halogens is 1. The highest BCUT2D eigenvalue weighted by Crippen LogP contribution is 2.26. The quantitative estimate of drug-likeness (QED) is 0.509. The van der Waals surface area contributed by atoms with Crippen molar-refractivity contribution in [3.8, 4) is 22.5 Å². The van der Waals surface area contributed by atoms with E-state index in [0.717, 1.165) is 48.5 Å². The number of hydrogen-bond acceptors (Lipinski definition) is 3. The van der Waals surface area contributed by atoms with E-state index in [1.807, 2.05) is 0 Å². The third-order valence-electron chi connectivity index (χ3n) is 5.81. The molecule has 5 rings (SSSR count). The predicted octanol–water partition coefficient (Wildman–Crippen LogP) is 4.96. The number of hydrogen-bond donors (Lipinski definition) is 2. The van der Waals surface area contributed by atoms with Gasteiger partial charge in [-0.25, -0.2) is 9.37 Å². The van der Waals surface area contributed by atoms with Crippen LogP contribution in [0.4, 0.5) is 4.39 Å². The van der Waals surface area contributed by atoms with E-state index < -0.39 is 0 Å². The van der Waals surface area contributed by atoms with Crippen LogP contribution >= 0.6 is 0 Å². The summed E-state index contributed by atoms with van der Waals surface area (Å²) in [6.07, 6.45) is 2.31. The molecule has 1 unspecified atom stereocenters. The maximum Gasteiger partial charge on any atom is 0.138 e. The molecule has 3 N–H and O–H groups in total. The Morgan fingerprint density at radius 1 is 1.00 bits per heavy atom. The molecule has 0 amide bonds. The van der Waals surface area contributed by atoms with Gasteiger partial charge in [0.1, 0.15) is 11.6 Å². The molecule has 1 aliphatic rings. The Hall–Kier alpha value is -3.02. The standard InChI is InChI=1S/C25H25FN4/c26-21-10-11-23-24(14-21)29-25(28-23)19-8-6-18(7-9-19)20-4-1-3-17(13-20)15-30-12-2-5-22(27)16-30/h1,3-4,6-11,13-14,22H,2,5,12,15-16,27H2,(H,28,29). The van der Waals surface area contributed by atoms with Gasteiger partial charge in [-0.05, 0) is 60.3 Å². The molecule has 4 nitrogen and oxygen atoms in total. The third-order valence-corrected chi connectivity index (χ3v) is 5.81. The first-order chi connectivity index (χ1) is 14.6. The van der Waals surface area contributed by atoms with Crippen LogP contribution in [0.5, 0.6) is 0 Å². The number of H-pyrrole nitrogens is 1. The lowest BCUT2D eigenvalue weighted by atomic mass is 10.0. The summed E-state index contributed by atoms with van der Waals surface area (Å²) in [6.45, 7) is 3.03. The molecule has 1 fully saturated rings. The fourth-order valence-corrected chi connectivity index (χ4v) is 4.28. The number of piperidine rings is 1. The van der Waals surface area contributed by atoms with E-state index in [2.05, 4.69) is 63.4 Å². The number of aromatic nitrogens is 2. The van der Waals surface area contributed by atoms with Crippen LogP contribution in [-0.4, -0.2) is 34.0 Å². The second kappa shape index (κ2) is 8.01. The molecule has 3 aromatic carbocycles. The first kappa shape index (κ1) is 19.0. The van der Waals surface area contributed by atoms with Gasteiger partial charge in [0, 0.05) is 24.7 Å². The number of nitrogens with one attached hydrogen (secondary N) is 1. The van der Waals surface area contributed by atoms with Crippen LogP contribution in [0.2, 0.25) is 0 Å². The number of imidazole rings is 1. The van der Waals surface area contributed by atoms with Gasteiger partial charge in [-0.2, -0.15) is 0 Å². The smallest absolute Gasteiger partial charge is 0.138 e. The van der Waals surface area contributed by atoms with Crippen molar-refractivity contribution in [1.29, 1.82) is 0 Å². The number of aromatic amines is 1. The van der Waals surface area contributed by atoms with Crippen molar-refractivity contribution >= 4 is 11.0 Å². The Balaban J connectivity index is 1.36. The highest BCUT2D eigenvalue weighted by molar-refractivity contribution is 5.80. The van der Waals surface area contributed by atoms with Crippen LogP contribution in [0, 0.1) is 5.82 Å². The van der Waals surface area contributed by atoms with E-state index in [1.54, 1.807) is 6.07 Å². The zero-order chi connectivity index (χ0) is 20.5. The van der Waals surface area contributed by atoms with Gasteiger partial charge in [0.2, 0.25) is 0 Å². The topological polar surface area (TPSA) is 57.9 Å². The van der Waals surface area contributed by atoms with E-state index in [9.17, 15) is 4.39 Å².